The van der Waals surface area contributed by atoms with Gasteiger partial charge in [0, 0.05) is 22.0 Å². The van der Waals surface area contributed by atoms with E-state index in [9.17, 15) is 18.7 Å². The minimum absolute atomic E-state index is 0.0435. The second-order valence-corrected chi connectivity index (χ2v) is 9.19. The van der Waals surface area contributed by atoms with Crippen LogP contribution in [0, 0.1) is 0 Å². The molecular formula is C26H21BrF2N2O6. The van der Waals surface area contributed by atoms with E-state index >= 15 is 0 Å². The first-order chi connectivity index (χ1) is 17.8. The number of methoxy groups -OCH3 is 2. The molecule has 0 unspecified atom stereocenters. The van der Waals surface area contributed by atoms with Crippen molar-refractivity contribution in [3.8, 4) is 23.0 Å². The normalized spacial score (nSPS) is 18.0. The van der Waals surface area contributed by atoms with Crippen molar-refractivity contribution in [3.05, 3.63) is 81.3 Å². The van der Waals surface area contributed by atoms with Crippen molar-refractivity contribution in [1.82, 2.24) is 5.01 Å². The van der Waals surface area contributed by atoms with Crippen molar-refractivity contribution in [3.63, 3.8) is 0 Å². The number of alkyl halides is 2. The zero-order valence-corrected chi connectivity index (χ0v) is 21.2. The van der Waals surface area contributed by atoms with Gasteiger partial charge in [0.1, 0.15) is 17.1 Å². The van der Waals surface area contributed by atoms with Gasteiger partial charge in [-0.05, 0) is 60.2 Å². The fourth-order valence-electron chi connectivity index (χ4n) is 4.64. The number of hydrazone groups is 1. The quantitative estimate of drug-likeness (QED) is 0.369. The molecule has 8 nitrogen and oxygen atoms in total. The molecule has 11 heteroatoms. The molecule has 2 atom stereocenters. The monoisotopic (exact) mass is 574 g/mol. The van der Waals surface area contributed by atoms with Gasteiger partial charge in [0.25, 0.3) is 0 Å². The minimum atomic E-state index is -2.92. The highest BCUT2D eigenvalue weighted by atomic mass is 79.9. The predicted octanol–water partition coefficient (Wildman–Crippen LogP) is 6.01. The summed E-state index contributed by atoms with van der Waals surface area (Å²) in [7, 11) is 2.80. The number of carboxylic acid groups (broad SMARTS) is 1. The molecule has 0 saturated carbocycles. The van der Waals surface area contributed by atoms with Crippen LogP contribution in [0.15, 0.2) is 64.2 Å². The Bertz CT molecular complexity index is 1380. The second kappa shape index (κ2) is 9.89. The lowest BCUT2D eigenvalue weighted by Crippen LogP contribution is -2.34. The Labute approximate surface area is 219 Å². The number of aromatic carboxylic acids is 1. The van der Waals surface area contributed by atoms with E-state index in [1.807, 2.05) is 18.2 Å². The number of carbonyl (C=O) groups is 1. The number of rotatable bonds is 7. The van der Waals surface area contributed by atoms with E-state index in [1.54, 1.807) is 29.3 Å². The first kappa shape index (κ1) is 24.8. The van der Waals surface area contributed by atoms with Crippen LogP contribution in [-0.2, 0) is 0 Å². The van der Waals surface area contributed by atoms with Crippen molar-refractivity contribution >= 4 is 27.6 Å². The molecule has 0 aliphatic carbocycles. The fourth-order valence-corrected chi connectivity index (χ4v) is 5.01. The van der Waals surface area contributed by atoms with Crippen LogP contribution in [0.2, 0.25) is 0 Å². The van der Waals surface area contributed by atoms with Crippen LogP contribution < -0.4 is 18.9 Å². The highest BCUT2D eigenvalue weighted by Crippen LogP contribution is 2.50. The zero-order chi connectivity index (χ0) is 26.3. The third kappa shape index (κ3) is 4.55. The van der Waals surface area contributed by atoms with E-state index in [0.717, 1.165) is 15.6 Å². The molecule has 2 heterocycles. The van der Waals surface area contributed by atoms with Crippen molar-refractivity contribution in [2.24, 2.45) is 5.10 Å². The molecular weight excluding hydrogens is 554 g/mol. The van der Waals surface area contributed by atoms with Gasteiger partial charge in [0.2, 0.25) is 6.23 Å². The molecule has 37 heavy (non-hydrogen) atoms. The summed E-state index contributed by atoms with van der Waals surface area (Å²) in [5, 5.41) is 16.6. The molecule has 0 saturated heterocycles. The first-order valence-corrected chi connectivity index (χ1v) is 11.9. The Hall–Kier alpha value is -3.86. The number of nitrogens with zero attached hydrogens (tertiary/aromatic N) is 2. The Morgan fingerprint density at radius 3 is 2.51 bits per heavy atom. The van der Waals surface area contributed by atoms with Crippen molar-refractivity contribution < 1.29 is 37.6 Å². The molecule has 0 amide bonds. The van der Waals surface area contributed by atoms with Gasteiger partial charge in [-0.2, -0.15) is 13.9 Å². The Balaban J connectivity index is 1.61. The van der Waals surface area contributed by atoms with Gasteiger partial charge in [-0.1, -0.05) is 15.9 Å². The maximum Gasteiger partial charge on any atom is 0.387 e. The lowest BCUT2D eigenvalue weighted by atomic mass is 9.95. The molecule has 5 rings (SSSR count). The topological polar surface area (TPSA) is 89.8 Å². The van der Waals surface area contributed by atoms with Crippen LogP contribution in [0.1, 0.15) is 45.7 Å². The van der Waals surface area contributed by atoms with E-state index in [4.69, 9.17) is 19.3 Å². The number of halogens is 3. The summed E-state index contributed by atoms with van der Waals surface area (Å²) >= 11 is 3.51. The van der Waals surface area contributed by atoms with E-state index in [2.05, 4.69) is 20.7 Å². The van der Waals surface area contributed by atoms with Crippen LogP contribution in [0.3, 0.4) is 0 Å². The second-order valence-electron chi connectivity index (χ2n) is 8.27. The number of fused-ring (bicyclic) bond motifs is 3. The molecule has 0 bridgehead atoms. The van der Waals surface area contributed by atoms with E-state index in [0.29, 0.717) is 23.4 Å². The third-order valence-corrected chi connectivity index (χ3v) is 6.72. The fraction of sp³-hybridized carbons (Fsp3) is 0.231. The number of benzene rings is 3. The Kier molecular flexibility index (Phi) is 6.63. The van der Waals surface area contributed by atoms with Crippen molar-refractivity contribution in [2.45, 2.75) is 25.3 Å². The lowest BCUT2D eigenvalue weighted by Gasteiger charge is -2.38. The Morgan fingerprint density at radius 2 is 1.86 bits per heavy atom. The van der Waals surface area contributed by atoms with Crippen LogP contribution in [-0.4, -0.2) is 42.6 Å². The smallest absolute Gasteiger partial charge is 0.387 e. The Morgan fingerprint density at radius 1 is 1.11 bits per heavy atom. The van der Waals surface area contributed by atoms with Crippen LogP contribution in [0.25, 0.3) is 0 Å². The average molecular weight is 575 g/mol. The van der Waals surface area contributed by atoms with Gasteiger partial charge in [0.15, 0.2) is 11.5 Å². The maximum absolute atomic E-state index is 12.6. The maximum atomic E-state index is 12.6. The number of carboxylic acids is 1. The highest BCUT2D eigenvalue weighted by molar-refractivity contribution is 9.10. The summed E-state index contributed by atoms with van der Waals surface area (Å²) in [4.78, 5) is 12.4. The van der Waals surface area contributed by atoms with E-state index in [1.165, 1.54) is 26.4 Å². The zero-order valence-electron chi connectivity index (χ0n) is 19.7. The summed E-state index contributed by atoms with van der Waals surface area (Å²) in [5.41, 5.74) is 2.53. The van der Waals surface area contributed by atoms with Gasteiger partial charge >= 0.3 is 12.6 Å². The van der Waals surface area contributed by atoms with E-state index in [-0.39, 0.29) is 28.9 Å². The van der Waals surface area contributed by atoms with Crippen molar-refractivity contribution in [2.75, 3.05) is 14.2 Å². The SMILES string of the molecule is COc1ccc([C@@H]2Oc3ccc(Br)cc3[C@@H]3CC(c4ccc(OC(F)F)cc4)=NN32)c(C(=O)O)c1OC. The van der Waals surface area contributed by atoms with Gasteiger partial charge in [-0.3, -0.25) is 0 Å². The molecule has 192 valence electrons. The molecule has 2 aliphatic rings. The summed E-state index contributed by atoms with van der Waals surface area (Å²) < 4.78 is 47.5. The number of hydrogen-bond acceptors (Lipinski definition) is 7. The van der Waals surface area contributed by atoms with Crippen LogP contribution in [0.5, 0.6) is 23.0 Å². The van der Waals surface area contributed by atoms with Crippen LogP contribution >= 0.6 is 15.9 Å². The molecule has 0 aromatic heterocycles. The largest absolute Gasteiger partial charge is 0.493 e. The van der Waals surface area contributed by atoms with Gasteiger partial charge in [-0.25, -0.2) is 9.80 Å². The molecule has 1 N–H and O–H groups in total. The van der Waals surface area contributed by atoms with Gasteiger partial charge < -0.3 is 24.1 Å². The summed E-state index contributed by atoms with van der Waals surface area (Å²) in [5.74, 6) is -0.213. The standard InChI is InChI=1S/C26H21BrF2N2O6/c1-34-21-10-8-16(22(25(32)33)23(21)35-2)24-31-19(17-11-14(27)5-9-20(17)37-24)12-18(30-31)13-3-6-15(7-4-13)36-26(28)29/h3-11,19,24,26H,12H2,1-2H3,(H,32,33)/t19-,24-/m0/s1. The average Bonchev–Trinajstić information content (AvgIpc) is 3.33. The number of hydrogen-bond donors (Lipinski definition) is 1. The van der Waals surface area contributed by atoms with Crippen molar-refractivity contribution in [1.29, 1.82) is 0 Å². The summed E-state index contributed by atoms with van der Waals surface area (Å²) in [6, 6.07) is 14.8. The first-order valence-electron chi connectivity index (χ1n) is 11.2. The van der Waals surface area contributed by atoms with Gasteiger partial charge in [-0.15, -0.1) is 0 Å². The van der Waals surface area contributed by atoms with E-state index < -0.39 is 18.8 Å². The molecule has 0 fully saturated rings. The molecule has 0 radical (unpaired) electrons. The molecule has 3 aromatic rings. The third-order valence-electron chi connectivity index (χ3n) is 6.22. The molecule has 3 aromatic carbocycles. The highest BCUT2D eigenvalue weighted by Gasteiger charge is 2.43. The lowest BCUT2D eigenvalue weighted by molar-refractivity contribution is -0.0498. The molecule has 0 spiro atoms. The summed E-state index contributed by atoms with van der Waals surface area (Å²) in [6.07, 6.45) is -0.405. The van der Waals surface area contributed by atoms with Crippen LogP contribution in [0.4, 0.5) is 8.78 Å². The number of ether oxygens (including phenoxy) is 4. The summed E-state index contributed by atoms with van der Waals surface area (Å²) in [6.45, 7) is -2.92. The minimum Gasteiger partial charge on any atom is -0.493 e. The molecule has 2 aliphatic heterocycles. The van der Waals surface area contributed by atoms with Gasteiger partial charge in [0.05, 0.1) is 26.0 Å². The predicted molar refractivity (Wildman–Crippen MR) is 133 cm³/mol.